The lowest BCUT2D eigenvalue weighted by molar-refractivity contribution is -0.147. The first-order chi connectivity index (χ1) is 15.7. The predicted molar refractivity (Wildman–Crippen MR) is 117 cm³/mol. The molecule has 1 aromatic carbocycles. The quantitative estimate of drug-likeness (QED) is 0.503. The molecule has 0 atom stereocenters. The summed E-state index contributed by atoms with van der Waals surface area (Å²) in [6.07, 6.45) is 0.308. The second-order valence-corrected chi connectivity index (χ2v) is 7.98. The van der Waals surface area contributed by atoms with Crippen LogP contribution in [-0.2, 0) is 25.5 Å². The first-order valence-corrected chi connectivity index (χ1v) is 11.0. The minimum absolute atomic E-state index is 0.174. The van der Waals surface area contributed by atoms with Gasteiger partial charge in [-0.25, -0.2) is 13.6 Å². The molecule has 1 heterocycles. The van der Waals surface area contributed by atoms with Crippen molar-refractivity contribution in [2.75, 3.05) is 25.1 Å². The van der Waals surface area contributed by atoms with Crippen molar-refractivity contribution >= 4 is 40.1 Å². The first kappa shape index (κ1) is 25.9. The average Bonchev–Trinajstić information content (AvgIpc) is 3.06. The zero-order valence-electron chi connectivity index (χ0n) is 18.4. The lowest BCUT2D eigenvalue weighted by Gasteiger charge is -2.09. The molecule has 0 aliphatic carbocycles. The summed E-state index contributed by atoms with van der Waals surface area (Å²) < 4.78 is 36.4. The number of carbonyl (C=O) groups excluding carboxylic acids is 4. The number of carbonyl (C=O) groups is 4. The molecular formula is C22H24F2N2O6S. The van der Waals surface area contributed by atoms with Gasteiger partial charge in [0.2, 0.25) is 0 Å². The molecular weight excluding hydrogens is 458 g/mol. The Hall–Kier alpha value is -3.34. The fourth-order valence-electron chi connectivity index (χ4n) is 2.94. The molecule has 0 aliphatic rings. The standard InChI is InChI=1S/C22H24F2N2O6S/c1-4-14-12(3)33-21(19(14)22(30)31-5-2)26-17(27)11-32-18(28)8-9-25-20(29)15-7-6-13(23)10-16(15)24/h6-7,10H,4-5,8-9,11H2,1-3H3,(H,25,29)(H,26,27). The van der Waals surface area contributed by atoms with Gasteiger partial charge in [0.25, 0.3) is 11.8 Å². The number of rotatable bonds is 10. The number of nitrogens with one attached hydrogen (secondary N) is 2. The molecule has 2 rings (SSSR count). The van der Waals surface area contributed by atoms with Crippen molar-refractivity contribution in [2.24, 2.45) is 0 Å². The maximum Gasteiger partial charge on any atom is 0.341 e. The number of benzene rings is 1. The van der Waals surface area contributed by atoms with Crippen molar-refractivity contribution in [3.63, 3.8) is 0 Å². The van der Waals surface area contributed by atoms with E-state index in [4.69, 9.17) is 9.47 Å². The molecule has 0 saturated heterocycles. The number of hydrogen-bond donors (Lipinski definition) is 2. The Morgan fingerprint density at radius 2 is 1.82 bits per heavy atom. The van der Waals surface area contributed by atoms with Gasteiger partial charge in [0.15, 0.2) is 6.61 Å². The third kappa shape index (κ3) is 7.07. The van der Waals surface area contributed by atoms with Gasteiger partial charge in [-0.1, -0.05) is 6.92 Å². The van der Waals surface area contributed by atoms with Crippen LogP contribution in [0.15, 0.2) is 18.2 Å². The van der Waals surface area contributed by atoms with Crippen LogP contribution in [0.3, 0.4) is 0 Å². The molecule has 11 heteroatoms. The van der Waals surface area contributed by atoms with Gasteiger partial charge in [-0.3, -0.25) is 14.4 Å². The van der Waals surface area contributed by atoms with Crippen molar-refractivity contribution in [2.45, 2.75) is 33.6 Å². The number of anilines is 1. The van der Waals surface area contributed by atoms with Crippen LogP contribution in [0.1, 0.15) is 51.4 Å². The number of hydrogen-bond acceptors (Lipinski definition) is 7. The van der Waals surface area contributed by atoms with Gasteiger partial charge < -0.3 is 20.1 Å². The van der Waals surface area contributed by atoms with Gasteiger partial charge in [-0.2, -0.15) is 0 Å². The summed E-state index contributed by atoms with van der Waals surface area (Å²) in [5.74, 6) is -4.61. The number of ether oxygens (including phenoxy) is 2. The van der Waals surface area contributed by atoms with Gasteiger partial charge in [-0.05, 0) is 38.0 Å². The molecule has 0 unspecified atom stereocenters. The van der Waals surface area contributed by atoms with Crippen molar-refractivity contribution < 1.29 is 37.4 Å². The third-order valence-electron chi connectivity index (χ3n) is 4.45. The summed E-state index contributed by atoms with van der Waals surface area (Å²) in [6, 6.07) is 2.51. The molecule has 0 spiro atoms. The highest BCUT2D eigenvalue weighted by molar-refractivity contribution is 7.16. The monoisotopic (exact) mass is 482 g/mol. The van der Waals surface area contributed by atoms with Crippen LogP contribution in [0, 0.1) is 18.6 Å². The smallest absolute Gasteiger partial charge is 0.341 e. The normalized spacial score (nSPS) is 10.5. The molecule has 8 nitrogen and oxygen atoms in total. The summed E-state index contributed by atoms with van der Waals surface area (Å²) in [5.41, 5.74) is 0.704. The highest BCUT2D eigenvalue weighted by Crippen LogP contribution is 2.34. The summed E-state index contributed by atoms with van der Waals surface area (Å²) in [5, 5.41) is 5.20. The Morgan fingerprint density at radius 1 is 1.09 bits per heavy atom. The van der Waals surface area contributed by atoms with Crippen molar-refractivity contribution in [3.8, 4) is 0 Å². The Balaban J connectivity index is 1.84. The highest BCUT2D eigenvalue weighted by atomic mass is 32.1. The van der Waals surface area contributed by atoms with Crippen LogP contribution in [0.2, 0.25) is 0 Å². The minimum Gasteiger partial charge on any atom is -0.462 e. The molecule has 178 valence electrons. The number of amides is 2. The van der Waals surface area contributed by atoms with Crippen LogP contribution in [-0.4, -0.2) is 43.5 Å². The summed E-state index contributed by atoms with van der Waals surface area (Å²) >= 11 is 1.22. The van der Waals surface area contributed by atoms with E-state index in [1.165, 1.54) is 11.3 Å². The van der Waals surface area contributed by atoms with E-state index in [1.807, 2.05) is 13.8 Å². The van der Waals surface area contributed by atoms with Gasteiger partial charge in [0.1, 0.15) is 16.6 Å². The van der Waals surface area contributed by atoms with E-state index in [9.17, 15) is 28.0 Å². The molecule has 0 saturated carbocycles. The van der Waals surface area contributed by atoms with E-state index >= 15 is 0 Å². The largest absolute Gasteiger partial charge is 0.462 e. The Bertz CT molecular complexity index is 1050. The molecule has 33 heavy (non-hydrogen) atoms. The minimum atomic E-state index is -1.02. The molecule has 0 aliphatic heterocycles. The molecule has 0 bridgehead atoms. The van der Waals surface area contributed by atoms with Crippen molar-refractivity contribution in [3.05, 3.63) is 51.4 Å². The lowest BCUT2D eigenvalue weighted by atomic mass is 10.1. The SMILES string of the molecule is CCOC(=O)c1c(NC(=O)COC(=O)CCNC(=O)c2ccc(F)cc2F)sc(C)c1CC. The lowest BCUT2D eigenvalue weighted by Crippen LogP contribution is -2.28. The summed E-state index contributed by atoms with van der Waals surface area (Å²) in [4.78, 5) is 49.1. The maximum absolute atomic E-state index is 13.6. The van der Waals surface area contributed by atoms with Crippen LogP contribution < -0.4 is 10.6 Å². The second kappa shape index (κ2) is 12.0. The van der Waals surface area contributed by atoms with Crippen LogP contribution in [0.4, 0.5) is 13.8 Å². The fourth-order valence-corrected chi connectivity index (χ4v) is 4.09. The van der Waals surface area contributed by atoms with E-state index < -0.39 is 42.0 Å². The average molecular weight is 483 g/mol. The van der Waals surface area contributed by atoms with Crippen LogP contribution in [0.5, 0.6) is 0 Å². The van der Waals surface area contributed by atoms with E-state index in [2.05, 4.69) is 10.6 Å². The van der Waals surface area contributed by atoms with Gasteiger partial charge >= 0.3 is 11.9 Å². The topological polar surface area (TPSA) is 111 Å². The molecule has 1 aromatic heterocycles. The third-order valence-corrected chi connectivity index (χ3v) is 5.51. The van der Waals surface area contributed by atoms with Crippen LogP contribution in [0.25, 0.3) is 0 Å². The molecule has 0 radical (unpaired) electrons. The Kier molecular flexibility index (Phi) is 9.46. The van der Waals surface area contributed by atoms with E-state index in [0.717, 1.165) is 22.6 Å². The van der Waals surface area contributed by atoms with E-state index in [1.54, 1.807) is 6.92 Å². The van der Waals surface area contributed by atoms with E-state index in [-0.39, 0.29) is 30.7 Å². The maximum atomic E-state index is 13.6. The fraction of sp³-hybridized carbons (Fsp3) is 0.364. The summed E-state index contributed by atoms with van der Waals surface area (Å²) in [7, 11) is 0. The first-order valence-electron chi connectivity index (χ1n) is 10.2. The number of thiophene rings is 1. The highest BCUT2D eigenvalue weighted by Gasteiger charge is 2.23. The number of esters is 2. The predicted octanol–water partition coefficient (Wildman–Crippen LogP) is 3.38. The zero-order valence-corrected chi connectivity index (χ0v) is 19.2. The molecule has 2 amide bonds. The molecule has 2 N–H and O–H groups in total. The van der Waals surface area contributed by atoms with Gasteiger partial charge in [0.05, 0.1) is 24.2 Å². The van der Waals surface area contributed by atoms with Gasteiger partial charge in [0, 0.05) is 17.5 Å². The zero-order chi connectivity index (χ0) is 24.5. The molecule has 2 aromatic rings. The second-order valence-electron chi connectivity index (χ2n) is 6.75. The van der Waals surface area contributed by atoms with Crippen molar-refractivity contribution in [1.29, 1.82) is 0 Å². The van der Waals surface area contributed by atoms with Crippen LogP contribution >= 0.6 is 11.3 Å². The van der Waals surface area contributed by atoms with Gasteiger partial charge in [-0.15, -0.1) is 11.3 Å². The number of aryl methyl sites for hydroxylation is 1. The van der Waals surface area contributed by atoms with Crippen molar-refractivity contribution in [1.82, 2.24) is 5.32 Å². The Morgan fingerprint density at radius 3 is 2.45 bits per heavy atom. The molecule has 0 fully saturated rings. The summed E-state index contributed by atoms with van der Waals surface area (Å²) in [6.45, 7) is 4.81. The Labute approximate surface area is 193 Å². The number of halogens is 2. The van der Waals surface area contributed by atoms with E-state index in [0.29, 0.717) is 17.5 Å².